The lowest BCUT2D eigenvalue weighted by Gasteiger charge is -1.94. The smallest absolute Gasteiger partial charge is 0.213 e. The van der Waals surface area contributed by atoms with Crippen molar-refractivity contribution in [1.29, 1.82) is 0 Å². The molecule has 1 heterocycles. The summed E-state index contributed by atoms with van der Waals surface area (Å²) >= 11 is 0. The molecule has 0 saturated carbocycles. The minimum atomic E-state index is -0.00815. The molecule has 1 aromatic rings. The van der Waals surface area contributed by atoms with Gasteiger partial charge >= 0.3 is 0 Å². The SMILES string of the molecule is NC(=NCc1cn[nH]c1)NO. The van der Waals surface area contributed by atoms with Crippen molar-refractivity contribution >= 4 is 5.96 Å². The van der Waals surface area contributed by atoms with Crippen molar-refractivity contribution in [3.63, 3.8) is 0 Å². The van der Waals surface area contributed by atoms with Crippen LogP contribution < -0.4 is 11.2 Å². The summed E-state index contributed by atoms with van der Waals surface area (Å²) in [6.07, 6.45) is 3.34. The normalized spacial score (nSPS) is 11.5. The zero-order valence-electron chi connectivity index (χ0n) is 5.78. The van der Waals surface area contributed by atoms with Gasteiger partial charge in [0.2, 0.25) is 5.96 Å². The van der Waals surface area contributed by atoms with Crippen LogP contribution in [0.1, 0.15) is 5.56 Å². The lowest BCUT2D eigenvalue weighted by atomic mass is 10.4. The predicted octanol–water partition coefficient (Wildman–Crippen LogP) is -0.797. The molecular weight excluding hydrogens is 146 g/mol. The van der Waals surface area contributed by atoms with E-state index in [1.807, 2.05) is 0 Å². The molecule has 0 unspecified atom stereocenters. The second-order valence-electron chi connectivity index (χ2n) is 1.92. The Balaban J connectivity index is 2.45. The van der Waals surface area contributed by atoms with E-state index in [2.05, 4.69) is 15.2 Å². The van der Waals surface area contributed by atoms with E-state index in [0.29, 0.717) is 6.54 Å². The first kappa shape index (κ1) is 7.55. The average molecular weight is 155 g/mol. The highest BCUT2D eigenvalue weighted by Gasteiger charge is 1.91. The number of aliphatic imine (C=N–C) groups is 1. The molecule has 6 nitrogen and oxygen atoms in total. The molecule has 0 spiro atoms. The Labute approximate surface area is 63.1 Å². The summed E-state index contributed by atoms with van der Waals surface area (Å²) in [7, 11) is 0. The lowest BCUT2D eigenvalue weighted by Crippen LogP contribution is -2.28. The van der Waals surface area contributed by atoms with Gasteiger partial charge in [0, 0.05) is 11.8 Å². The maximum absolute atomic E-state index is 8.23. The van der Waals surface area contributed by atoms with Gasteiger partial charge in [0.1, 0.15) is 0 Å². The van der Waals surface area contributed by atoms with Crippen LogP contribution >= 0.6 is 0 Å². The van der Waals surface area contributed by atoms with E-state index in [0.717, 1.165) is 5.56 Å². The van der Waals surface area contributed by atoms with E-state index in [-0.39, 0.29) is 5.96 Å². The summed E-state index contributed by atoms with van der Waals surface area (Å²) < 4.78 is 0. The molecule has 0 atom stereocenters. The van der Waals surface area contributed by atoms with Crippen LogP contribution in [-0.2, 0) is 6.54 Å². The number of hydrogen-bond acceptors (Lipinski definition) is 3. The number of H-pyrrole nitrogens is 1. The van der Waals surface area contributed by atoms with Crippen LogP contribution in [-0.4, -0.2) is 21.4 Å². The minimum Gasteiger partial charge on any atom is -0.368 e. The number of nitrogens with zero attached hydrogens (tertiary/aromatic N) is 2. The van der Waals surface area contributed by atoms with Crippen molar-refractivity contribution < 1.29 is 5.21 Å². The van der Waals surface area contributed by atoms with Crippen LogP contribution in [0.4, 0.5) is 0 Å². The fraction of sp³-hybridized carbons (Fsp3) is 0.200. The molecule has 0 aliphatic rings. The molecule has 0 bridgehead atoms. The van der Waals surface area contributed by atoms with Gasteiger partial charge in [-0.15, -0.1) is 0 Å². The highest BCUT2D eigenvalue weighted by Crippen LogP contribution is 1.94. The van der Waals surface area contributed by atoms with Gasteiger partial charge in [-0.1, -0.05) is 0 Å². The Hall–Kier alpha value is -1.56. The molecule has 1 rings (SSSR count). The number of nitrogens with one attached hydrogen (secondary N) is 2. The van der Waals surface area contributed by atoms with E-state index in [1.54, 1.807) is 17.9 Å². The molecule has 0 saturated heterocycles. The third-order valence-corrected chi connectivity index (χ3v) is 1.10. The number of hydrogen-bond donors (Lipinski definition) is 4. The summed E-state index contributed by atoms with van der Waals surface area (Å²) in [5.41, 5.74) is 7.78. The summed E-state index contributed by atoms with van der Waals surface area (Å²) in [4.78, 5) is 3.76. The Bertz CT molecular complexity index is 229. The molecule has 0 fully saturated rings. The monoisotopic (exact) mass is 155 g/mol. The first-order valence-corrected chi connectivity index (χ1v) is 3.00. The van der Waals surface area contributed by atoms with Gasteiger partial charge in [-0.2, -0.15) is 5.10 Å². The number of nitrogens with two attached hydrogens (primary N) is 1. The summed E-state index contributed by atoms with van der Waals surface area (Å²) in [5.74, 6) is -0.00815. The average Bonchev–Trinajstić information content (AvgIpc) is 2.52. The minimum absolute atomic E-state index is 0.00815. The van der Waals surface area contributed by atoms with Gasteiger partial charge in [0.15, 0.2) is 0 Å². The Morgan fingerprint density at radius 3 is 3.27 bits per heavy atom. The molecule has 0 radical (unpaired) electrons. The quantitative estimate of drug-likeness (QED) is 0.255. The van der Waals surface area contributed by atoms with Gasteiger partial charge in [-0.3, -0.25) is 10.3 Å². The fourth-order valence-electron chi connectivity index (χ4n) is 0.576. The summed E-state index contributed by atoms with van der Waals surface area (Å²) in [6, 6.07) is 0. The first-order valence-electron chi connectivity index (χ1n) is 3.00. The third kappa shape index (κ3) is 2.26. The highest BCUT2D eigenvalue weighted by atomic mass is 16.5. The van der Waals surface area contributed by atoms with E-state index < -0.39 is 0 Å². The first-order chi connectivity index (χ1) is 5.33. The molecule has 6 heteroatoms. The van der Waals surface area contributed by atoms with Crippen LogP contribution in [0.25, 0.3) is 0 Å². The fourth-order valence-corrected chi connectivity index (χ4v) is 0.576. The van der Waals surface area contributed by atoms with Crippen molar-refractivity contribution in [2.45, 2.75) is 6.54 Å². The van der Waals surface area contributed by atoms with Gasteiger partial charge in [-0.05, 0) is 0 Å². The second-order valence-corrected chi connectivity index (χ2v) is 1.92. The Kier molecular flexibility index (Phi) is 2.45. The highest BCUT2D eigenvalue weighted by molar-refractivity contribution is 5.76. The molecule has 0 aliphatic carbocycles. The molecule has 5 N–H and O–H groups in total. The number of hydroxylamine groups is 1. The molecule has 11 heavy (non-hydrogen) atoms. The van der Waals surface area contributed by atoms with E-state index in [9.17, 15) is 0 Å². The second kappa shape index (κ2) is 3.57. The molecule has 0 aliphatic heterocycles. The van der Waals surface area contributed by atoms with Crippen molar-refractivity contribution in [1.82, 2.24) is 15.7 Å². The van der Waals surface area contributed by atoms with E-state index >= 15 is 0 Å². The number of guanidine groups is 1. The van der Waals surface area contributed by atoms with Gasteiger partial charge in [-0.25, -0.2) is 10.5 Å². The van der Waals surface area contributed by atoms with Crippen LogP contribution in [0.15, 0.2) is 17.4 Å². The summed E-state index contributed by atoms with van der Waals surface area (Å²) in [5, 5.41) is 14.6. The molecule has 0 aromatic carbocycles. The van der Waals surface area contributed by atoms with Crippen molar-refractivity contribution in [3.8, 4) is 0 Å². The van der Waals surface area contributed by atoms with Crippen molar-refractivity contribution in [3.05, 3.63) is 18.0 Å². The van der Waals surface area contributed by atoms with E-state index in [4.69, 9.17) is 10.9 Å². The lowest BCUT2D eigenvalue weighted by molar-refractivity contribution is 0.232. The number of aromatic nitrogens is 2. The summed E-state index contributed by atoms with van der Waals surface area (Å²) in [6.45, 7) is 0.399. The zero-order valence-corrected chi connectivity index (χ0v) is 5.78. The Morgan fingerprint density at radius 1 is 1.91 bits per heavy atom. The maximum atomic E-state index is 8.23. The number of aromatic amines is 1. The molecule has 0 amide bonds. The standard InChI is InChI=1S/C5H9N5O/c6-5(10-11)7-1-4-2-8-9-3-4/h2-3,11H,1H2,(H,8,9)(H3,6,7,10). The van der Waals surface area contributed by atoms with Crippen LogP contribution in [0.5, 0.6) is 0 Å². The van der Waals surface area contributed by atoms with Gasteiger partial charge < -0.3 is 5.73 Å². The van der Waals surface area contributed by atoms with Crippen LogP contribution in [0.3, 0.4) is 0 Å². The Morgan fingerprint density at radius 2 is 2.73 bits per heavy atom. The maximum Gasteiger partial charge on any atom is 0.213 e. The predicted molar refractivity (Wildman–Crippen MR) is 38.8 cm³/mol. The zero-order chi connectivity index (χ0) is 8.10. The van der Waals surface area contributed by atoms with Crippen molar-refractivity contribution in [2.75, 3.05) is 0 Å². The number of rotatable bonds is 2. The van der Waals surface area contributed by atoms with Gasteiger partial charge in [0.05, 0.1) is 12.7 Å². The molecule has 60 valence electrons. The molecule has 1 aromatic heterocycles. The third-order valence-electron chi connectivity index (χ3n) is 1.10. The van der Waals surface area contributed by atoms with Gasteiger partial charge in [0.25, 0.3) is 0 Å². The van der Waals surface area contributed by atoms with E-state index in [1.165, 1.54) is 0 Å². The largest absolute Gasteiger partial charge is 0.368 e. The van der Waals surface area contributed by atoms with Crippen LogP contribution in [0.2, 0.25) is 0 Å². The van der Waals surface area contributed by atoms with Crippen LogP contribution in [0, 0.1) is 0 Å². The van der Waals surface area contributed by atoms with Crippen molar-refractivity contribution in [2.24, 2.45) is 10.7 Å². The molecular formula is C5H9N5O. The topological polar surface area (TPSA) is 99.3 Å².